The highest BCUT2D eigenvalue weighted by Crippen LogP contribution is 2.38. The van der Waals surface area contributed by atoms with E-state index in [-0.39, 0.29) is 17.7 Å². The molecule has 0 aliphatic carbocycles. The monoisotopic (exact) mass is 352 g/mol. The summed E-state index contributed by atoms with van der Waals surface area (Å²) in [5.74, 6) is 0.997. The van der Waals surface area contributed by atoms with Gasteiger partial charge in [0.15, 0.2) is 11.5 Å². The Hall–Kier alpha value is -1.95. The zero-order valence-corrected chi connectivity index (χ0v) is 14.6. The number of amides is 2. The van der Waals surface area contributed by atoms with Crippen molar-refractivity contribution < 1.29 is 19.1 Å². The third kappa shape index (κ3) is 3.29. The molecule has 0 unspecified atom stereocenters. The molecule has 0 aromatic heterocycles. The predicted octanol–water partition coefficient (Wildman–Crippen LogP) is 2.05. The van der Waals surface area contributed by atoms with Crippen molar-refractivity contribution in [2.75, 3.05) is 39.4 Å². The molecule has 1 fully saturated rings. The van der Waals surface area contributed by atoms with Crippen molar-refractivity contribution in [3.63, 3.8) is 0 Å². The Morgan fingerprint density at radius 3 is 2.33 bits per heavy atom. The van der Waals surface area contributed by atoms with E-state index in [0.717, 1.165) is 0 Å². The number of piperazine rings is 1. The van der Waals surface area contributed by atoms with Crippen molar-refractivity contribution in [3.8, 4) is 11.5 Å². The summed E-state index contributed by atoms with van der Waals surface area (Å²) in [5.41, 5.74) is 0.480. The number of halogens is 1. The lowest BCUT2D eigenvalue weighted by molar-refractivity contribution is -0.135. The number of rotatable bonds is 2. The highest BCUT2D eigenvalue weighted by atomic mass is 35.5. The van der Waals surface area contributed by atoms with Crippen LogP contribution in [0, 0.1) is 5.92 Å². The molecule has 0 bridgehead atoms. The Bertz CT molecular complexity index is 654. The first-order valence-electron chi connectivity index (χ1n) is 8.14. The van der Waals surface area contributed by atoms with E-state index in [1.54, 1.807) is 17.0 Å². The number of hydrogen-bond donors (Lipinski definition) is 0. The summed E-state index contributed by atoms with van der Waals surface area (Å²) in [6.07, 6.45) is 0. The minimum absolute atomic E-state index is 0.0242. The van der Waals surface area contributed by atoms with Gasteiger partial charge < -0.3 is 19.3 Å². The van der Waals surface area contributed by atoms with Gasteiger partial charge in [-0.3, -0.25) is 9.59 Å². The van der Waals surface area contributed by atoms with Gasteiger partial charge in [-0.05, 0) is 12.1 Å². The van der Waals surface area contributed by atoms with E-state index in [4.69, 9.17) is 21.1 Å². The van der Waals surface area contributed by atoms with Crippen LogP contribution in [-0.2, 0) is 4.79 Å². The molecule has 1 saturated heterocycles. The molecule has 2 amide bonds. The average Bonchev–Trinajstić information content (AvgIpc) is 2.60. The summed E-state index contributed by atoms with van der Waals surface area (Å²) in [6.45, 7) is 6.81. The van der Waals surface area contributed by atoms with E-state index < -0.39 is 0 Å². The maximum absolute atomic E-state index is 12.7. The largest absolute Gasteiger partial charge is 0.486 e. The number of hydrogen-bond acceptors (Lipinski definition) is 4. The molecule has 1 aromatic carbocycles. The molecule has 0 radical (unpaired) electrons. The van der Waals surface area contributed by atoms with E-state index >= 15 is 0 Å². The van der Waals surface area contributed by atoms with Crippen molar-refractivity contribution >= 4 is 23.4 Å². The molecule has 2 aliphatic rings. The van der Waals surface area contributed by atoms with Gasteiger partial charge >= 0.3 is 0 Å². The van der Waals surface area contributed by atoms with Crippen molar-refractivity contribution in [2.45, 2.75) is 13.8 Å². The molecular weight excluding hydrogens is 332 g/mol. The minimum Gasteiger partial charge on any atom is -0.486 e. The molecule has 0 spiro atoms. The summed E-state index contributed by atoms with van der Waals surface area (Å²) in [6, 6.07) is 3.29. The van der Waals surface area contributed by atoms with Crippen LogP contribution in [0.4, 0.5) is 0 Å². The number of carbonyl (C=O) groups excluding carboxylic acids is 2. The molecule has 0 saturated carbocycles. The second-order valence-corrected chi connectivity index (χ2v) is 6.66. The van der Waals surface area contributed by atoms with Crippen LogP contribution in [0.1, 0.15) is 24.2 Å². The first-order chi connectivity index (χ1) is 11.5. The molecule has 0 N–H and O–H groups in total. The molecule has 3 rings (SSSR count). The lowest BCUT2D eigenvalue weighted by Gasteiger charge is -2.35. The van der Waals surface area contributed by atoms with Crippen LogP contribution in [0.15, 0.2) is 12.1 Å². The van der Waals surface area contributed by atoms with Crippen LogP contribution in [0.25, 0.3) is 0 Å². The molecule has 2 aliphatic heterocycles. The third-order valence-electron chi connectivity index (χ3n) is 4.22. The number of fused-ring (bicyclic) bond motifs is 1. The fourth-order valence-corrected chi connectivity index (χ4v) is 3.18. The van der Waals surface area contributed by atoms with Gasteiger partial charge in [0.1, 0.15) is 13.2 Å². The van der Waals surface area contributed by atoms with Crippen LogP contribution in [-0.4, -0.2) is 61.0 Å². The van der Waals surface area contributed by atoms with Gasteiger partial charge in [0.25, 0.3) is 5.91 Å². The molecule has 2 heterocycles. The highest BCUT2D eigenvalue weighted by molar-refractivity contribution is 6.32. The summed E-state index contributed by atoms with van der Waals surface area (Å²) in [7, 11) is 0. The summed E-state index contributed by atoms with van der Waals surface area (Å²) >= 11 is 6.20. The van der Waals surface area contributed by atoms with Gasteiger partial charge in [-0.15, -0.1) is 0 Å². The minimum atomic E-state index is -0.106. The maximum atomic E-state index is 12.7. The van der Waals surface area contributed by atoms with Crippen molar-refractivity contribution in [3.05, 3.63) is 22.7 Å². The van der Waals surface area contributed by atoms with Crippen LogP contribution < -0.4 is 9.47 Å². The van der Waals surface area contributed by atoms with Crippen molar-refractivity contribution in [1.29, 1.82) is 0 Å². The second-order valence-electron chi connectivity index (χ2n) is 6.25. The van der Waals surface area contributed by atoms with Gasteiger partial charge in [0, 0.05) is 37.7 Å². The molecule has 0 atom stereocenters. The fraction of sp³-hybridized carbons (Fsp3) is 0.529. The Morgan fingerprint density at radius 1 is 1.04 bits per heavy atom. The van der Waals surface area contributed by atoms with E-state index in [1.807, 2.05) is 18.7 Å². The summed E-state index contributed by atoms with van der Waals surface area (Å²) in [4.78, 5) is 28.3. The molecule has 1 aromatic rings. The van der Waals surface area contributed by atoms with Crippen molar-refractivity contribution in [1.82, 2.24) is 9.80 Å². The fourth-order valence-electron chi connectivity index (χ4n) is 2.91. The van der Waals surface area contributed by atoms with Crippen LogP contribution >= 0.6 is 11.6 Å². The van der Waals surface area contributed by atoms with Gasteiger partial charge in [0.05, 0.1) is 5.02 Å². The second kappa shape index (κ2) is 6.89. The molecular formula is C17H21ClN2O4. The first-order valence-corrected chi connectivity index (χ1v) is 8.52. The van der Waals surface area contributed by atoms with Gasteiger partial charge in [-0.2, -0.15) is 0 Å². The zero-order chi connectivity index (χ0) is 17.3. The first kappa shape index (κ1) is 16.9. The van der Waals surface area contributed by atoms with Crippen LogP contribution in [0.2, 0.25) is 5.02 Å². The Kier molecular flexibility index (Phi) is 4.85. The number of nitrogens with zero attached hydrogens (tertiary/aromatic N) is 2. The Morgan fingerprint density at radius 2 is 1.67 bits per heavy atom. The topological polar surface area (TPSA) is 59.1 Å². The number of benzene rings is 1. The predicted molar refractivity (Wildman–Crippen MR) is 89.8 cm³/mol. The lowest BCUT2D eigenvalue weighted by atomic mass is 10.1. The summed E-state index contributed by atoms with van der Waals surface area (Å²) < 4.78 is 11.0. The SMILES string of the molecule is CC(C)C(=O)N1CCN(C(=O)c2cc(Cl)c3c(c2)OCCO3)CC1. The quantitative estimate of drug-likeness (QED) is 0.817. The smallest absolute Gasteiger partial charge is 0.254 e. The molecule has 130 valence electrons. The zero-order valence-electron chi connectivity index (χ0n) is 13.9. The Balaban J connectivity index is 1.70. The Labute approximate surface area is 146 Å². The molecule has 6 nitrogen and oxygen atoms in total. The van der Waals surface area contributed by atoms with Gasteiger partial charge in [-0.1, -0.05) is 25.4 Å². The van der Waals surface area contributed by atoms with Crippen molar-refractivity contribution in [2.24, 2.45) is 5.92 Å². The molecule has 7 heteroatoms. The van der Waals surface area contributed by atoms with E-state index in [9.17, 15) is 9.59 Å². The normalized spacial score (nSPS) is 17.2. The lowest BCUT2D eigenvalue weighted by Crippen LogP contribution is -2.51. The number of carbonyl (C=O) groups is 2. The summed E-state index contributed by atoms with van der Waals surface area (Å²) in [5, 5.41) is 0.379. The standard InChI is InChI=1S/C17H21ClN2O4/c1-11(2)16(21)19-3-5-20(6-4-19)17(22)12-9-13(18)15-14(10-12)23-7-8-24-15/h9-11H,3-8H2,1-2H3. The van der Waals surface area contributed by atoms with Crippen LogP contribution in [0.3, 0.4) is 0 Å². The van der Waals surface area contributed by atoms with Gasteiger partial charge in [0.2, 0.25) is 5.91 Å². The maximum Gasteiger partial charge on any atom is 0.254 e. The number of ether oxygens (including phenoxy) is 2. The van der Waals surface area contributed by atoms with E-state index in [2.05, 4.69) is 0 Å². The van der Waals surface area contributed by atoms with Crippen LogP contribution in [0.5, 0.6) is 11.5 Å². The van der Waals surface area contributed by atoms with Gasteiger partial charge in [-0.25, -0.2) is 0 Å². The molecule has 24 heavy (non-hydrogen) atoms. The van der Waals surface area contributed by atoms with E-state index in [1.165, 1.54) is 0 Å². The highest BCUT2D eigenvalue weighted by Gasteiger charge is 2.27. The third-order valence-corrected chi connectivity index (χ3v) is 4.50. The van der Waals surface area contributed by atoms with E-state index in [0.29, 0.717) is 61.5 Å². The average molecular weight is 353 g/mol.